The average Bonchev–Trinajstić information content (AvgIpc) is 2.87. The molecule has 0 bridgehead atoms. The van der Waals surface area contributed by atoms with E-state index in [1.165, 1.54) is 5.56 Å². The fourth-order valence-electron chi connectivity index (χ4n) is 2.29. The highest BCUT2D eigenvalue weighted by Gasteiger charge is 2.18. The minimum atomic E-state index is -0.705. The summed E-state index contributed by atoms with van der Waals surface area (Å²) in [5.41, 5.74) is 3.90. The van der Waals surface area contributed by atoms with E-state index in [2.05, 4.69) is 15.4 Å². The third-order valence-corrected chi connectivity index (χ3v) is 3.53. The van der Waals surface area contributed by atoms with Gasteiger partial charge in [0.1, 0.15) is 18.1 Å². The van der Waals surface area contributed by atoms with Crippen molar-refractivity contribution in [2.45, 2.75) is 39.6 Å². The number of hydrogen-bond donors (Lipinski definition) is 3. The van der Waals surface area contributed by atoms with Gasteiger partial charge in [-0.3, -0.25) is 10.00 Å². The Labute approximate surface area is 124 Å². The summed E-state index contributed by atoms with van der Waals surface area (Å²) >= 11 is 0. The Morgan fingerprint density at radius 2 is 1.76 bits per heavy atom. The number of hydrogen-bond acceptors (Lipinski definition) is 5. The largest absolute Gasteiger partial charge is 0.379 e. The van der Waals surface area contributed by atoms with Gasteiger partial charge in [0.05, 0.1) is 5.69 Å². The molecule has 1 heterocycles. The number of aromatic nitrogens is 3. The molecule has 2 aromatic rings. The first-order valence-electron chi connectivity index (χ1n) is 7.08. The summed E-state index contributed by atoms with van der Waals surface area (Å²) < 4.78 is 0. The summed E-state index contributed by atoms with van der Waals surface area (Å²) in [5, 5.41) is 30.2. The maximum atomic E-state index is 9.65. The van der Waals surface area contributed by atoms with E-state index in [0.29, 0.717) is 13.0 Å². The Hall–Kier alpha value is -1.76. The number of aliphatic hydroxyl groups excluding tert-OH is 2. The molecular formula is C15H22N4O2. The Morgan fingerprint density at radius 1 is 1.14 bits per heavy atom. The molecule has 0 saturated carbocycles. The Bertz CT molecular complexity index is 555. The van der Waals surface area contributed by atoms with Crippen molar-refractivity contribution in [3.63, 3.8) is 0 Å². The highest BCUT2D eigenvalue weighted by molar-refractivity contribution is 5.61. The van der Waals surface area contributed by atoms with Crippen molar-refractivity contribution < 1.29 is 10.2 Å². The van der Waals surface area contributed by atoms with Crippen LogP contribution in [0.1, 0.15) is 25.1 Å². The van der Waals surface area contributed by atoms with Crippen LogP contribution in [0.5, 0.6) is 0 Å². The summed E-state index contributed by atoms with van der Waals surface area (Å²) in [6.45, 7) is 5.83. The van der Waals surface area contributed by atoms with Gasteiger partial charge in [0.2, 0.25) is 0 Å². The van der Waals surface area contributed by atoms with E-state index in [1.54, 1.807) is 18.7 Å². The number of H-pyrrole nitrogens is 1. The molecule has 0 aliphatic heterocycles. The van der Waals surface area contributed by atoms with Crippen molar-refractivity contribution in [3.05, 3.63) is 35.5 Å². The monoisotopic (exact) mass is 290 g/mol. The molecule has 0 radical (unpaired) electrons. The highest BCUT2D eigenvalue weighted by Crippen LogP contribution is 2.20. The lowest BCUT2D eigenvalue weighted by Gasteiger charge is -2.27. The predicted octanol–water partition coefficient (Wildman–Crippen LogP) is 1.30. The molecule has 2 atom stereocenters. The normalized spacial score (nSPS) is 14.4. The van der Waals surface area contributed by atoms with Crippen LogP contribution in [0.15, 0.2) is 24.3 Å². The van der Waals surface area contributed by atoms with E-state index in [-0.39, 0.29) is 0 Å². The molecule has 114 valence electrons. The lowest BCUT2D eigenvalue weighted by Crippen LogP contribution is -2.41. The molecule has 1 aromatic carbocycles. The van der Waals surface area contributed by atoms with Crippen LogP contribution in [-0.4, -0.2) is 49.5 Å². The molecule has 0 amide bonds. The third kappa shape index (κ3) is 3.87. The molecule has 0 aliphatic rings. The zero-order chi connectivity index (χ0) is 15.4. The molecule has 2 rings (SSSR count). The molecule has 0 aliphatic carbocycles. The Kier molecular flexibility index (Phi) is 5.06. The predicted molar refractivity (Wildman–Crippen MR) is 80.3 cm³/mol. The minimum absolute atomic E-state index is 0.512. The SMILES string of the molecule is Cc1ccc(-c2nn[nH]c2CCN(C(C)O)C(C)O)cc1. The van der Waals surface area contributed by atoms with Gasteiger partial charge in [-0.2, -0.15) is 0 Å². The Balaban J connectivity index is 2.12. The zero-order valence-corrected chi connectivity index (χ0v) is 12.6. The second-order valence-electron chi connectivity index (χ2n) is 5.26. The van der Waals surface area contributed by atoms with Gasteiger partial charge in [-0.1, -0.05) is 35.0 Å². The fourth-order valence-corrected chi connectivity index (χ4v) is 2.29. The van der Waals surface area contributed by atoms with Gasteiger partial charge >= 0.3 is 0 Å². The zero-order valence-electron chi connectivity index (χ0n) is 12.6. The van der Waals surface area contributed by atoms with Crippen LogP contribution in [0.4, 0.5) is 0 Å². The number of nitrogens with zero attached hydrogens (tertiary/aromatic N) is 3. The van der Waals surface area contributed by atoms with E-state index in [9.17, 15) is 10.2 Å². The van der Waals surface area contributed by atoms with E-state index < -0.39 is 12.5 Å². The number of rotatable bonds is 6. The summed E-state index contributed by atoms with van der Waals surface area (Å²) in [6.07, 6.45) is -0.793. The summed E-state index contributed by atoms with van der Waals surface area (Å²) in [6, 6.07) is 8.09. The van der Waals surface area contributed by atoms with E-state index in [1.807, 2.05) is 31.2 Å². The van der Waals surface area contributed by atoms with Crippen LogP contribution < -0.4 is 0 Å². The van der Waals surface area contributed by atoms with Crippen LogP contribution >= 0.6 is 0 Å². The van der Waals surface area contributed by atoms with Crippen LogP contribution in [0.25, 0.3) is 11.3 Å². The smallest absolute Gasteiger partial charge is 0.116 e. The number of aromatic amines is 1. The first kappa shape index (κ1) is 15.6. The maximum absolute atomic E-state index is 9.65. The van der Waals surface area contributed by atoms with Gasteiger partial charge in [-0.25, -0.2) is 0 Å². The number of aryl methyl sites for hydroxylation is 1. The average molecular weight is 290 g/mol. The quantitative estimate of drug-likeness (QED) is 0.698. The van der Waals surface area contributed by atoms with Crippen molar-refractivity contribution in [2.24, 2.45) is 0 Å². The fraction of sp³-hybridized carbons (Fsp3) is 0.467. The third-order valence-electron chi connectivity index (χ3n) is 3.53. The van der Waals surface area contributed by atoms with Crippen molar-refractivity contribution in [1.82, 2.24) is 20.3 Å². The molecule has 2 unspecified atom stereocenters. The molecule has 0 fully saturated rings. The van der Waals surface area contributed by atoms with E-state index in [4.69, 9.17) is 0 Å². The summed E-state index contributed by atoms with van der Waals surface area (Å²) in [5.74, 6) is 0. The van der Waals surface area contributed by atoms with Gasteiger partial charge < -0.3 is 10.2 Å². The second-order valence-corrected chi connectivity index (χ2v) is 5.26. The number of aliphatic hydroxyl groups is 2. The van der Waals surface area contributed by atoms with Crippen LogP contribution in [0.2, 0.25) is 0 Å². The van der Waals surface area contributed by atoms with Crippen molar-refractivity contribution in [1.29, 1.82) is 0 Å². The van der Waals surface area contributed by atoms with Crippen molar-refractivity contribution in [3.8, 4) is 11.3 Å². The van der Waals surface area contributed by atoms with Gasteiger partial charge in [0.25, 0.3) is 0 Å². The molecule has 21 heavy (non-hydrogen) atoms. The van der Waals surface area contributed by atoms with Gasteiger partial charge in [-0.15, -0.1) is 5.10 Å². The Morgan fingerprint density at radius 3 is 2.33 bits per heavy atom. The van der Waals surface area contributed by atoms with E-state index in [0.717, 1.165) is 17.0 Å². The van der Waals surface area contributed by atoms with Gasteiger partial charge in [-0.05, 0) is 20.8 Å². The lowest BCUT2D eigenvalue weighted by molar-refractivity contribution is -0.0832. The van der Waals surface area contributed by atoms with Gasteiger partial charge in [0, 0.05) is 18.5 Å². The molecular weight excluding hydrogens is 268 g/mol. The van der Waals surface area contributed by atoms with Crippen LogP contribution in [0.3, 0.4) is 0 Å². The van der Waals surface area contributed by atoms with Crippen LogP contribution in [0, 0.1) is 6.92 Å². The number of benzene rings is 1. The summed E-state index contributed by atoms with van der Waals surface area (Å²) in [7, 11) is 0. The lowest BCUT2D eigenvalue weighted by atomic mass is 10.1. The highest BCUT2D eigenvalue weighted by atomic mass is 16.3. The molecule has 0 spiro atoms. The molecule has 6 heteroatoms. The molecule has 1 aromatic heterocycles. The van der Waals surface area contributed by atoms with Crippen molar-refractivity contribution >= 4 is 0 Å². The van der Waals surface area contributed by atoms with Gasteiger partial charge in [0.15, 0.2) is 0 Å². The maximum Gasteiger partial charge on any atom is 0.116 e. The molecule has 0 saturated heterocycles. The molecule has 3 N–H and O–H groups in total. The first-order valence-corrected chi connectivity index (χ1v) is 7.08. The standard InChI is InChI=1S/C15H22N4O2/c1-10-4-6-13(7-5-10)15-14(16-18-17-15)8-9-19(11(2)20)12(3)21/h4-7,11-12,20-21H,8-9H2,1-3H3,(H,16,17,18). The van der Waals surface area contributed by atoms with Crippen LogP contribution in [-0.2, 0) is 6.42 Å². The second kappa shape index (κ2) is 6.80. The summed E-state index contributed by atoms with van der Waals surface area (Å²) in [4.78, 5) is 1.60. The topological polar surface area (TPSA) is 85.3 Å². The minimum Gasteiger partial charge on any atom is -0.379 e. The first-order chi connectivity index (χ1) is 9.99. The van der Waals surface area contributed by atoms with Crippen molar-refractivity contribution in [2.75, 3.05) is 6.54 Å². The van der Waals surface area contributed by atoms with E-state index >= 15 is 0 Å². The molecule has 6 nitrogen and oxygen atoms in total. The number of nitrogens with one attached hydrogen (secondary N) is 1.